The van der Waals surface area contributed by atoms with Gasteiger partial charge in [0.25, 0.3) is 0 Å². The molecule has 0 aliphatic carbocycles. The Balaban J connectivity index is 2.91. The lowest BCUT2D eigenvalue weighted by atomic mass is 10.0. The summed E-state index contributed by atoms with van der Waals surface area (Å²) in [6.45, 7) is 1.25. The third-order valence-electron chi connectivity index (χ3n) is 4.96. The van der Waals surface area contributed by atoms with Gasteiger partial charge in [0.05, 0.1) is 18.6 Å². The molecule has 0 radical (unpaired) electrons. The number of rotatable bonds is 15. The van der Waals surface area contributed by atoms with Crippen LogP contribution in [0.1, 0.15) is 25.3 Å². The lowest BCUT2D eigenvalue weighted by molar-refractivity contribution is -0.142. The van der Waals surface area contributed by atoms with E-state index in [0.29, 0.717) is 5.75 Å². The first-order valence-corrected chi connectivity index (χ1v) is 12.2. The summed E-state index contributed by atoms with van der Waals surface area (Å²) >= 11 is 1.38. The zero-order valence-electron chi connectivity index (χ0n) is 19.6. The van der Waals surface area contributed by atoms with Crippen LogP contribution < -0.4 is 27.4 Å². The molecule has 1 aromatic rings. The van der Waals surface area contributed by atoms with Crippen LogP contribution in [0.15, 0.2) is 30.3 Å². The molecule has 0 aromatic heterocycles. The summed E-state index contributed by atoms with van der Waals surface area (Å²) in [5.41, 5.74) is 11.9. The van der Waals surface area contributed by atoms with E-state index in [1.165, 1.54) is 18.7 Å². The van der Waals surface area contributed by atoms with Crippen molar-refractivity contribution < 1.29 is 34.2 Å². The molecule has 0 aliphatic heterocycles. The molecule has 35 heavy (non-hydrogen) atoms. The molecule has 4 amide bonds. The number of amides is 4. The zero-order chi connectivity index (χ0) is 26.5. The van der Waals surface area contributed by atoms with Gasteiger partial charge in [-0.3, -0.25) is 19.2 Å². The van der Waals surface area contributed by atoms with Gasteiger partial charge in [-0.25, -0.2) is 4.79 Å². The minimum absolute atomic E-state index is 0.116. The Morgan fingerprint density at radius 2 is 1.57 bits per heavy atom. The molecule has 194 valence electrons. The highest BCUT2D eigenvalue weighted by molar-refractivity contribution is 7.98. The maximum atomic E-state index is 12.8. The van der Waals surface area contributed by atoms with Crippen molar-refractivity contribution >= 4 is 41.4 Å². The second kappa shape index (κ2) is 15.0. The van der Waals surface area contributed by atoms with E-state index in [-0.39, 0.29) is 12.8 Å². The van der Waals surface area contributed by atoms with Crippen LogP contribution in [-0.4, -0.2) is 82.1 Å². The summed E-state index contributed by atoms with van der Waals surface area (Å²) in [5.74, 6) is -4.39. The van der Waals surface area contributed by atoms with Crippen molar-refractivity contribution in [2.75, 3.05) is 12.0 Å². The highest BCUT2D eigenvalue weighted by Crippen LogP contribution is 2.05. The molecule has 9 N–H and O–H groups in total. The molecular weight excluding hydrogens is 478 g/mol. The lowest BCUT2D eigenvalue weighted by Crippen LogP contribution is -2.60. The summed E-state index contributed by atoms with van der Waals surface area (Å²) < 4.78 is 0. The summed E-state index contributed by atoms with van der Waals surface area (Å²) in [6, 6.07) is 3.65. The van der Waals surface area contributed by atoms with Crippen molar-refractivity contribution in [2.45, 2.75) is 56.5 Å². The summed E-state index contributed by atoms with van der Waals surface area (Å²) in [5, 5.41) is 26.3. The van der Waals surface area contributed by atoms with Crippen molar-refractivity contribution in [1.82, 2.24) is 16.0 Å². The van der Waals surface area contributed by atoms with Crippen LogP contribution in [0, 0.1) is 0 Å². The number of benzene rings is 1. The van der Waals surface area contributed by atoms with E-state index >= 15 is 0 Å². The zero-order valence-corrected chi connectivity index (χ0v) is 20.4. The predicted molar refractivity (Wildman–Crippen MR) is 130 cm³/mol. The number of carbonyl (C=O) groups is 5. The van der Waals surface area contributed by atoms with Crippen molar-refractivity contribution in [3.8, 4) is 0 Å². The third-order valence-corrected chi connectivity index (χ3v) is 5.61. The standard InChI is InChI=1S/C22H33N5O7S/c1-12(28)18(27-19(30)14(23)10-13-6-4-3-5-7-13)21(32)26-16(11-17(24)29)20(31)25-15(22(33)34)8-9-35-2/h3-7,12,14-16,18,28H,8-11,23H2,1-2H3,(H2,24,29)(H,25,31)(H,26,32)(H,27,30)(H,33,34). The Morgan fingerprint density at radius 3 is 2.09 bits per heavy atom. The van der Waals surface area contributed by atoms with Crippen LogP contribution in [0.25, 0.3) is 0 Å². The van der Waals surface area contributed by atoms with Crippen LogP contribution in [0.4, 0.5) is 0 Å². The lowest BCUT2D eigenvalue weighted by Gasteiger charge is -2.26. The first-order valence-electron chi connectivity index (χ1n) is 10.8. The molecule has 0 bridgehead atoms. The number of aliphatic hydroxyl groups is 1. The quantitative estimate of drug-likeness (QED) is 0.140. The fourth-order valence-electron chi connectivity index (χ4n) is 3.06. The number of primary amides is 1. The molecule has 13 heteroatoms. The molecule has 0 aliphatic rings. The van der Waals surface area contributed by atoms with Crippen LogP contribution >= 0.6 is 11.8 Å². The smallest absolute Gasteiger partial charge is 0.326 e. The van der Waals surface area contributed by atoms with E-state index in [0.717, 1.165) is 5.56 Å². The Labute approximate surface area is 207 Å². The van der Waals surface area contributed by atoms with Gasteiger partial charge in [0, 0.05) is 0 Å². The van der Waals surface area contributed by atoms with Crippen LogP contribution in [0.2, 0.25) is 0 Å². The van der Waals surface area contributed by atoms with Gasteiger partial charge in [0.2, 0.25) is 23.6 Å². The van der Waals surface area contributed by atoms with E-state index in [2.05, 4.69) is 16.0 Å². The Bertz CT molecular complexity index is 884. The number of carbonyl (C=O) groups excluding carboxylic acids is 4. The first kappa shape index (κ1) is 29.9. The maximum absolute atomic E-state index is 12.8. The van der Waals surface area contributed by atoms with E-state index in [1.807, 2.05) is 6.07 Å². The summed E-state index contributed by atoms with van der Waals surface area (Å²) in [7, 11) is 0. The van der Waals surface area contributed by atoms with E-state index < -0.39 is 66.3 Å². The number of aliphatic hydroxyl groups excluding tert-OH is 1. The first-order chi connectivity index (χ1) is 16.5. The fourth-order valence-corrected chi connectivity index (χ4v) is 3.54. The molecule has 1 rings (SSSR count). The molecule has 0 saturated heterocycles. The minimum Gasteiger partial charge on any atom is -0.480 e. The largest absolute Gasteiger partial charge is 0.480 e. The second-order valence-corrected chi connectivity index (χ2v) is 8.92. The van der Waals surface area contributed by atoms with Gasteiger partial charge >= 0.3 is 5.97 Å². The summed E-state index contributed by atoms with van der Waals surface area (Å²) in [6.07, 6.45) is 0.0623. The van der Waals surface area contributed by atoms with Gasteiger partial charge in [-0.05, 0) is 37.3 Å². The average Bonchev–Trinajstić information content (AvgIpc) is 2.79. The number of hydrogen-bond donors (Lipinski definition) is 7. The number of thioether (sulfide) groups is 1. The topological polar surface area (TPSA) is 214 Å². The normalized spacial score (nSPS) is 15.1. The molecule has 0 spiro atoms. The summed E-state index contributed by atoms with van der Waals surface area (Å²) in [4.78, 5) is 60.9. The fraction of sp³-hybridized carbons (Fsp3) is 0.500. The minimum atomic E-state index is -1.52. The van der Waals surface area contributed by atoms with Gasteiger partial charge < -0.3 is 37.6 Å². The Hall–Kier alpha value is -3.16. The van der Waals surface area contributed by atoms with Gasteiger partial charge in [0.15, 0.2) is 0 Å². The van der Waals surface area contributed by atoms with E-state index in [9.17, 15) is 34.2 Å². The van der Waals surface area contributed by atoms with Gasteiger partial charge in [-0.15, -0.1) is 0 Å². The van der Waals surface area contributed by atoms with Crippen LogP contribution in [0.3, 0.4) is 0 Å². The monoisotopic (exact) mass is 511 g/mol. The molecule has 0 fully saturated rings. The average molecular weight is 512 g/mol. The van der Waals surface area contributed by atoms with Crippen LogP contribution in [-0.2, 0) is 30.4 Å². The van der Waals surface area contributed by atoms with Crippen molar-refractivity contribution in [3.63, 3.8) is 0 Å². The number of aliphatic carboxylic acids is 1. The SMILES string of the molecule is CSCCC(NC(=O)C(CC(N)=O)NC(=O)C(NC(=O)C(N)Cc1ccccc1)C(C)O)C(=O)O. The van der Waals surface area contributed by atoms with E-state index in [4.69, 9.17) is 11.5 Å². The number of hydrogen-bond acceptors (Lipinski definition) is 8. The third kappa shape index (κ3) is 10.8. The van der Waals surface area contributed by atoms with Gasteiger partial charge in [0.1, 0.15) is 18.1 Å². The number of nitrogens with one attached hydrogen (secondary N) is 3. The molecular formula is C22H33N5O7S. The van der Waals surface area contributed by atoms with Crippen LogP contribution in [0.5, 0.6) is 0 Å². The van der Waals surface area contributed by atoms with Crippen molar-refractivity contribution in [2.24, 2.45) is 11.5 Å². The Kier molecular flexibility index (Phi) is 12.8. The van der Waals surface area contributed by atoms with Gasteiger partial charge in [-0.2, -0.15) is 11.8 Å². The maximum Gasteiger partial charge on any atom is 0.326 e. The molecule has 0 heterocycles. The number of nitrogens with two attached hydrogens (primary N) is 2. The molecule has 1 aromatic carbocycles. The number of carboxylic acid groups (broad SMARTS) is 1. The molecule has 5 atom stereocenters. The van der Waals surface area contributed by atoms with Gasteiger partial charge in [-0.1, -0.05) is 30.3 Å². The Morgan fingerprint density at radius 1 is 0.971 bits per heavy atom. The highest BCUT2D eigenvalue weighted by Gasteiger charge is 2.33. The number of carboxylic acids is 1. The second-order valence-electron chi connectivity index (χ2n) is 7.94. The molecule has 12 nitrogen and oxygen atoms in total. The molecule has 0 saturated carbocycles. The van der Waals surface area contributed by atoms with Crippen molar-refractivity contribution in [1.29, 1.82) is 0 Å². The van der Waals surface area contributed by atoms with E-state index in [1.54, 1.807) is 30.5 Å². The molecule has 5 unspecified atom stereocenters. The predicted octanol–water partition coefficient (Wildman–Crippen LogP) is -1.90. The van der Waals surface area contributed by atoms with Crippen molar-refractivity contribution in [3.05, 3.63) is 35.9 Å². The highest BCUT2D eigenvalue weighted by atomic mass is 32.2.